The van der Waals surface area contributed by atoms with Gasteiger partial charge in [-0.3, -0.25) is 4.98 Å². The molecule has 1 amide bonds. The molecule has 0 saturated carbocycles. The Bertz CT molecular complexity index is 1260. The fourth-order valence-electron chi connectivity index (χ4n) is 4.87. The van der Waals surface area contributed by atoms with Gasteiger partial charge in [-0.2, -0.15) is 0 Å². The number of amides is 1. The zero-order valence-electron chi connectivity index (χ0n) is 21.5. The van der Waals surface area contributed by atoms with E-state index in [0.717, 1.165) is 24.1 Å². The van der Waals surface area contributed by atoms with Crippen LogP contribution in [0.3, 0.4) is 0 Å². The lowest BCUT2D eigenvalue weighted by atomic mass is 9.92. The zero-order chi connectivity index (χ0) is 26.8. The molecule has 0 bridgehead atoms. The molecule has 4 rings (SSSR count). The molecule has 3 heterocycles. The van der Waals surface area contributed by atoms with Crippen LogP contribution in [-0.2, 0) is 25.9 Å². The molecule has 2 aromatic rings. The van der Waals surface area contributed by atoms with Crippen molar-refractivity contribution >= 4 is 22.1 Å². The topological polar surface area (TPSA) is 110 Å². The molecule has 9 nitrogen and oxygen atoms in total. The summed E-state index contributed by atoms with van der Waals surface area (Å²) in [4.78, 5) is 22.3. The number of ether oxygens (including phenoxy) is 2. The molecule has 2 fully saturated rings. The predicted molar refractivity (Wildman–Crippen MR) is 137 cm³/mol. The van der Waals surface area contributed by atoms with Crippen molar-refractivity contribution in [3.63, 3.8) is 0 Å². The maximum atomic E-state index is 14.1. The molecular weight excluding hydrogens is 499 g/mol. The van der Waals surface area contributed by atoms with Crippen LogP contribution in [-0.4, -0.2) is 61.5 Å². The minimum absolute atomic E-state index is 0.149. The van der Waals surface area contributed by atoms with Gasteiger partial charge in [0.25, 0.3) is 6.02 Å². The number of carbonyl (C=O) groups is 1. The van der Waals surface area contributed by atoms with Crippen LogP contribution < -0.4 is 4.72 Å². The van der Waals surface area contributed by atoms with Gasteiger partial charge in [0, 0.05) is 36.5 Å². The highest BCUT2D eigenvalue weighted by atomic mass is 32.2. The second-order valence-corrected chi connectivity index (χ2v) is 11.9. The van der Waals surface area contributed by atoms with E-state index >= 15 is 0 Å². The molecule has 2 aliphatic heterocycles. The first-order valence-electron chi connectivity index (χ1n) is 12.3. The number of amidine groups is 1. The lowest BCUT2D eigenvalue weighted by Gasteiger charge is -2.39. The predicted octanol–water partition coefficient (Wildman–Crippen LogP) is 3.92. The van der Waals surface area contributed by atoms with Gasteiger partial charge in [-0.1, -0.05) is 24.3 Å². The number of piperidine rings is 1. The minimum Gasteiger partial charge on any atom is -0.457 e. The molecule has 2 aliphatic rings. The third-order valence-corrected chi connectivity index (χ3v) is 8.96. The number of benzene rings is 1. The van der Waals surface area contributed by atoms with Crippen molar-refractivity contribution in [1.29, 1.82) is 0 Å². The standard InChI is InChI=1S/C26H33FN4O5S/c1-17(20-7-5-6-8-21(20)27)29-24-30-37(33,34)23(26(2,3)36-24)15-18-9-10-22(28-16-18)19-11-13-31(14-12-19)25(32)35-4/h5-10,16-17,19,23H,11-15H2,1-4H3,(H,29,30)/t17-,23?/m0/s1. The van der Waals surface area contributed by atoms with E-state index in [4.69, 9.17) is 9.47 Å². The zero-order valence-corrected chi connectivity index (χ0v) is 22.3. The fourth-order valence-corrected chi connectivity index (χ4v) is 6.56. The summed E-state index contributed by atoms with van der Waals surface area (Å²) in [6, 6.07) is 9.26. The number of aliphatic imine (C=N–C) groups is 1. The van der Waals surface area contributed by atoms with Crippen molar-refractivity contribution in [3.8, 4) is 0 Å². The van der Waals surface area contributed by atoms with Crippen LogP contribution in [0.4, 0.5) is 9.18 Å². The lowest BCUT2D eigenvalue weighted by molar-refractivity contribution is 0.0761. The van der Waals surface area contributed by atoms with Crippen molar-refractivity contribution in [3.05, 3.63) is 65.2 Å². The highest BCUT2D eigenvalue weighted by molar-refractivity contribution is 7.90. The molecule has 0 radical (unpaired) electrons. The Morgan fingerprint density at radius 2 is 1.97 bits per heavy atom. The quantitative estimate of drug-likeness (QED) is 0.625. The first kappa shape index (κ1) is 26.8. The van der Waals surface area contributed by atoms with Gasteiger partial charge in [0.05, 0.1) is 13.2 Å². The van der Waals surface area contributed by atoms with E-state index < -0.39 is 32.7 Å². The number of halogens is 1. The van der Waals surface area contributed by atoms with Crippen molar-refractivity contribution in [2.45, 2.75) is 62.8 Å². The molecule has 1 N–H and O–H groups in total. The Morgan fingerprint density at radius 3 is 2.57 bits per heavy atom. The van der Waals surface area contributed by atoms with Crippen LogP contribution in [0.15, 0.2) is 47.6 Å². The number of pyridine rings is 1. The molecule has 1 aromatic carbocycles. The maximum Gasteiger partial charge on any atom is 0.409 e. The lowest BCUT2D eigenvalue weighted by Crippen LogP contribution is -2.59. The molecule has 2 atom stereocenters. The average Bonchev–Trinajstić information content (AvgIpc) is 2.86. The van der Waals surface area contributed by atoms with Gasteiger partial charge in [0.15, 0.2) is 0 Å². The highest BCUT2D eigenvalue weighted by Gasteiger charge is 2.47. The van der Waals surface area contributed by atoms with E-state index in [1.165, 1.54) is 13.2 Å². The van der Waals surface area contributed by atoms with E-state index in [2.05, 4.69) is 14.7 Å². The van der Waals surface area contributed by atoms with E-state index in [9.17, 15) is 17.6 Å². The fraction of sp³-hybridized carbons (Fsp3) is 0.500. The summed E-state index contributed by atoms with van der Waals surface area (Å²) < 4.78 is 53.7. The number of rotatable bonds is 5. The van der Waals surface area contributed by atoms with E-state index in [-0.39, 0.29) is 24.5 Å². The molecule has 37 heavy (non-hydrogen) atoms. The van der Waals surface area contributed by atoms with Gasteiger partial charge in [-0.25, -0.2) is 27.3 Å². The Labute approximate surface area is 217 Å². The van der Waals surface area contributed by atoms with Crippen molar-refractivity contribution in [2.24, 2.45) is 4.99 Å². The summed E-state index contributed by atoms with van der Waals surface area (Å²) in [6.07, 6.45) is 3.17. The molecular formula is C26H33FN4O5S. The highest BCUT2D eigenvalue weighted by Crippen LogP contribution is 2.31. The van der Waals surface area contributed by atoms with Gasteiger partial charge >= 0.3 is 6.09 Å². The molecule has 1 aromatic heterocycles. The van der Waals surface area contributed by atoms with E-state index in [0.29, 0.717) is 18.7 Å². The number of likely N-dealkylation sites (tertiary alicyclic amines) is 1. The van der Waals surface area contributed by atoms with Gasteiger partial charge in [0.2, 0.25) is 10.0 Å². The largest absolute Gasteiger partial charge is 0.457 e. The molecule has 2 saturated heterocycles. The van der Waals surface area contributed by atoms with E-state index in [1.54, 1.807) is 50.1 Å². The Hall–Kier alpha value is -3.21. The molecule has 1 unspecified atom stereocenters. The Balaban J connectivity index is 1.43. The number of methoxy groups -OCH3 is 1. The van der Waals surface area contributed by atoms with Gasteiger partial charge in [-0.05, 0) is 57.7 Å². The monoisotopic (exact) mass is 532 g/mol. The summed E-state index contributed by atoms with van der Waals surface area (Å²) in [6.45, 7) is 6.30. The summed E-state index contributed by atoms with van der Waals surface area (Å²) in [5.74, 6) is -0.190. The average molecular weight is 533 g/mol. The minimum atomic E-state index is -3.84. The normalized spacial score (nSPS) is 23.1. The molecule has 200 valence electrons. The number of nitrogens with zero attached hydrogens (tertiary/aromatic N) is 3. The number of hydrogen-bond acceptors (Lipinski definition) is 7. The van der Waals surface area contributed by atoms with Gasteiger partial charge in [-0.15, -0.1) is 0 Å². The van der Waals surface area contributed by atoms with Crippen molar-refractivity contribution in [2.75, 3.05) is 20.2 Å². The van der Waals surface area contributed by atoms with Crippen molar-refractivity contribution in [1.82, 2.24) is 14.6 Å². The first-order chi connectivity index (χ1) is 17.5. The molecule has 0 aliphatic carbocycles. The summed E-state index contributed by atoms with van der Waals surface area (Å²) in [5.41, 5.74) is 0.949. The number of nitrogens with one attached hydrogen (secondary N) is 1. The van der Waals surface area contributed by atoms with E-state index in [1.807, 2.05) is 12.1 Å². The van der Waals surface area contributed by atoms with Crippen LogP contribution >= 0.6 is 0 Å². The maximum absolute atomic E-state index is 14.1. The number of sulfonamides is 1. The van der Waals surface area contributed by atoms with Crippen LogP contribution in [0.2, 0.25) is 0 Å². The summed E-state index contributed by atoms with van der Waals surface area (Å²) in [7, 11) is -2.46. The second kappa shape index (κ2) is 10.6. The summed E-state index contributed by atoms with van der Waals surface area (Å²) in [5, 5.41) is -0.890. The van der Waals surface area contributed by atoms with Gasteiger partial charge < -0.3 is 14.4 Å². The SMILES string of the molecule is COC(=O)N1CCC(c2ccc(CC3C(C)(C)OC(=N[C@@H](C)c4ccccc4F)NS3(=O)=O)cn2)CC1. The van der Waals surface area contributed by atoms with Gasteiger partial charge in [0.1, 0.15) is 16.7 Å². The van der Waals surface area contributed by atoms with Crippen LogP contribution in [0.5, 0.6) is 0 Å². The second-order valence-electron chi connectivity index (χ2n) is 10.00. The van der Waals surface area contributed by atoms with Crippen molar-refractivity contribution < 1.29 is 27.1 Å². The Kier molecular flexibility index (Phi) is 7.72. The number of hydrogen-bond donors (Lipinski definition) is 1. The Morgan fingerprint density at radius 1 is 1.27 bits per heavy atom. The summed E-state index contributed by atoms with van der Waals surface area (Å²) >= 11 is 0. The third-order valence-electron chi connectivity index (χ3n) is 7.02. The number of carbonyl (C=O) groups excluding carboxylic acids is 1. The third kappa shape index (κ3) is 6.03. The van der Waals surface area contributed by atoms with Crippen LogP contribution in [0, 0.1) is 5.82 Å². The molecule has 0 spiro atoms. The smallest absolute Gasteiger partial charge is 0.409 e. The van der Waals surface area contributed by atoms with Crippen LogP contribution in [0.25, 0.3) is 0 Å². The first-order valence-corrected chi connectivity index (χ1v) is 13.9. The number of aromatic nitrogens is 1. The van der Waals surface area contributed by atoms with Crippen LogP contribution in [0.1, 0.15) is 62.4 Å². The molecule has 11 heteroatoms.